The van der Waals surface area contributed by atoms with Crippen LogP contribution in [0.4, 0.5) is 0 Å². The first kappa shape index (κ1) is 7.83. The molecule has 0 spiro atoms. The molecule has 0 radical (unpaired) electrons. The van der Waals surface area contributed by atoms with Gasteiger partial charge in [0.2, 0.25) is 0 Å². The average Bonchev–Trinajstić information content (AvgIpc) is 2.33. The van der Waals surface area contributed by atoms with E-state index in [9.17, 15) is 4.57 Å². The van der Waals surface area contributed by atoms with E-state index in [2.05, 4.69) is 0 Å². The third-order valence-corrected chi connectivity index (χ3v) is 3.12. The van der Waals surface area contributed by atoms with Crippen LogP contribution < -0.4 is 0 Å². The summed E-state index contributed by atoms with van der Waals surface area (Å²) in [4.78, 5) is 0. The zero-order chi connectivity index (χ0) is 7.61. The molecular weight excluding hydrogens is 151 g/mol. The fourth-order valence-electron chi connectivity index (χ4n) is 0.787. The minimum absolute atomic E-state index is 0.423. The molecule has 58 valence electrons. The molecule has 0 fully saturated rings. The molecule has 0 bridgehead atoms. The fraction of sp³-hybridized carbons (Fsp3) is 0.667. The van der Waals surface area contributed by atoms with Gasteiger partial charge in [0.1, 0.15) is 5.76 Å². The summed E-state index contributed by atoms with van der Waals surface area (Å²) >= 11 is 0. The molecule has 1 aliphatic rings. The molecule has 0 saturated heterocycles. The van der Waals surface area contributed by atoms with Gasteiger partial charge in [-0.3, -0.25) is 0 Å². The largest absolute Gasteiger partial charge is 0.429 e. The quantitative estimate of drug-likeness (QED) is 0.583. The van der Waals surface area contributed by atoms with Gasteiger partial charge in [0, 0.05) is 13.5 Å². The third-order valence-electron chi connectivity index (χ3n) is 1.43. The average molecular weight is 162 g/mol. The lowest BCUT2D eigenvalue weighted by molar-refractivity contribution is 0.290. The molecule has 1 unspecified atom stereocenters. The van der Waals surface area contributed by atoms with Crippen molar-refractivity contribution in [3.8, 4) is 0 Å². The van der Waals surface area contributed by atoms with E-state index in [1.54, 1.807) is 0 Å². The van der Waals surface area contributed by atoms with Gasteiger partial charge in [-0.2, -0.15) is 0 Å². The van der Waals surface area contributed by atoms with Gasteiger partial charge < -0.3 is 9.05 Å². The second-order valence-electron chi connectivity index (χ2n) is 2.09. The molecule has 1 heterocycles. The highest BCUT2D eigenvalue weighted by atomic mass is 31.2. The zero-order valence-electron chi connectivity index (χ0n) is 6.16. The number of hydrogen-bond acceptors (Lipinski definition) is 3. The molecule has 0 aliphatic carbocycles. The molecule has 10 heavy (non-hydrogen) atoms. The second kappa shape index (κ2) is 2.77. The Morgan fingerprint density at radius 1 is 1.90 bits per heavy atom. The van der Waals surface area contributed by atoms with E-state index in [-0.39, 0.29) is 0 Å². The molecular formula is C6H11O3P. The van der Waals surface area contributed by atoms with E-state index in [4.69, 9.17) is 9.05 Å². The Labute approximate surface area is 60.6 Å². The molecule has 0 aromatic rings. The Bertz CT molecular complexity index is 197. The Morgan fingerprint density at radius 3 is 2.90 bits per heavy atom. The van der Waals surface area contributed by atoms with Gasteiger partial charge >= 0.3 is 7.60 Å². The summed E-state index contributed by atoms with van der Waals surface area (Å²) in [5.74, 6) is 0.783. The molecule has 0 saturated carbocycles. The number of allylic oxidation sites excluding steroid dienone is 2. The van der Waals surface area contributed by atoms with E-state index in [1.165, 1.54) is 7.11 Å². The van der Waals surface area contributed by atoms with Crippen molar-refractivity contribution in [2.24, 2.45) is 0 Å². The van der Waals surface area contributed by atoms with E-state index in [0.717, 1.165) is 12.2 Å². The highest BCUT2D eigenvalue weighted by Crippen LogP contribution is 2.53. The number of rotatable bonds is 2. The molecule has 3 nitrogen and oxygen atoms in total. The van der Waals surface area contributed by atoms with Crippen LogP contribution in [0.5, 0.6) is 0 Å². The molecule has 0 aromatic heterocycles. The predicted octanol–water partition coefficient (Wildman–Crippen LogP) is 2.15. The number of hydrogen-bond donors (Lipinski definition) is 0. The first-order valence-corrected chi connectivity index (χ1v) is 4.96. The van der Waals surface area contributed by atoms with Crippen LogP contribution in [0.2, 0.25) is 0 Å². The summed E-state index contributed by atoms with van der Waals surface area (Å²) in [6, 6.07) is 0. The maximum absolute atomic E-state index is 11.3. The monoisotopic (exact) mass is 162 g/mol. The molecule has 1 rings (SSSR count). The standard InChI is InChI=1S/C6H11O3P/c1-3-6-4-5-10(7,8-2)9-6/h4H,3,5H2,1-2H3. The summed E-state index contributed by atoms with van der Waals surface area (Å²) in [6.45, 7) is 1.96. The van der Waals surface area contributed by atoms with Crippen LogP contribution >= 0.6 is 7.60 Å². The molecule has 0 aromatic carbocycles. The summed E-state index contributed by atoms with van der Waals surface area (Å²) in [7, 11) is -1.31. The Kier molecular flexibility index (Phi) is 2.17. The van der Waals surface area contributed by atoms with Crippen molar-refractivity contribution < 1.29 is 13.6 Å². The minimum Gasteiger partial charge on any atom is -0.429 e. The molecule has 0 amide bonds. The van der Waals surface area contributed by atoms with Crippen molar-refractivity contribution >= 4 is 7.60 Å². The van der Waals surface area contributed by atoms with Gasteiger partial charge in [-0.15, -0.1) is 0 Å². The van der Waals surface area contributed by atoms with Crippen LogP contribution in [0.15, 0.2) is 11.8 Å². The van der Waals surface area contributed by atoms with Crippen molar-refractivity contribution in [1.29, 1.82) is 0 Å². The van der Waals surface area contributed by atoms with Crippen LogP contribution in [-0.4, -0.2) is 13.3 Å². The smallest absolute Gasteiger partial charge is 0.382 e. The lowest BCUT2D eigenvalue weighted by Gasteiger charge is -2.09. The fourth-order valence-corrected chi connectivity index (χ4v) is 2.07. The van der Waals surface area contributed by atoms with Gasteiger partial charge in [0.25, 0.3) is 0 Å². The molecule has 0 N–H and O–H groups in total. The van der Waals surface area contributed by atoms with Crippen LogP contribution in [0.1, 0.15) is 13.3 Å². The van der Waals surface area contributed by atoms with E-state index < -0.39 is 7.60 Å². The molecule has 1 atom stereocenters. The third kappa shape index (κ3) is 1.41. The van der Waals surface area contributed by atoms with E-state index in [0.29, 0.717) is 6.16 Å². The molecule has 1 aliphatic heterocycles. The lowest BCUT2D eigenvalue weighted by Crippen LogP contribution is -1.85. The van der Waals surface area contributed by atoms with Crippen molar-refractivity contribution in [3.63, 3.8) is 0 Å². The van der Waals surface area contributed by atoms with Crippen molar-refractivity contribution in [2.75, 3.05) is 13.3 Å². The van der Waals surface area contributed by atoms with Crippen LogP contribution in [0, 0.1) is 0 Å². The Balaban J connectivity index is 2.58. The minimum atomic E-state index is -2.72. The summed E-state index contributed by atoms with van der Waals surface area (Å²) < 4.78 is 21.0. The van der Waals surface area contributed by atoms with E-state index >= 15 is 0 Å². The van der Waals surface area contributed by atoms with Gasteiger partial charge in [-0.1, -0.05) is 6.92 Å². The maximum Gasteiger partial charge on any atom is 0.382 e. The Hall–Kier alpha value is -0.270. The topological polar surface area (TPSA) is 35.5 Å². The zero-order valence-corrected chi connectivity index (χ0v) is 7.06. The van der Waals surface area contributed by atoms with Crippen molar-refractivity contribution in [3.05, 3.63) is 11.8 Å². The van der Waals surface area contributed by atoms with Gasteiger partial charge in [0.15, 0.2) is 0 Å². The van der Waals surface area contributed by atoms with Gasteiger partial charge in [0.05, 0.1) is 6.16 Å². The summed E-state index contributed by atoms with van der Waals surface area (Å²) in [6.07, 6.45) is 3.03. The van der Waals surface area contributed by atoms with E-state index in [1.807, 2.05) is 13.0 Å². The Morgan fingerprint density at radius 2 is 2.60 bits per heavy atom. The van der Waals surface area contributed by atoms with Gasteiger partial charge in [-0.25, -0.2) is 4.57 Å². The predicted molar refractivity (Wildman–Crippen MR) is 38.9 cm³/mol. The van der Waals surface area contributed by atoms with Crippen molar-refractivity contribution in [2.45, 2.75) is 13.3 Å². The summed E-state index contributed by atoms with van der Waals surface area (Å²) in [5.41, 5.74) is 0. The van der Waals surface area contributed by atoms with Gasteiger partial charge in [-0.05, 0) is 6.08 Å². The van der Waals surface area contributed by atoms with Crippen molar-refractivity contribution in [1.82, 2.24) is 0 Å². The summed E-state index contributed by atoms with van der Waals surface area (Å²) in [5, 5.41) is 0. The van der Waals surface area contributed by atoms with Crippen LogP contribution in [0.3, 0.4) is 0 Å². The first-order chi connectivity index (χ1) is 4.70. The van der Waals surface area contributed by atoms with Crippen LogP contribution in [0.25, 0.3) is 0 Å². The molecule has 4 heteroatoms. The normalized spacial score (nSPS) is 31.6. The highest BCUT2D eigenvalue weighted by Gasteiger charge is 2.28. The second-order valence-corrected chi connectivity index (χ2v) is 4.23. The van der Waals surface area contributed by atoms with Crippen LogP contribution in [-0.2, 0) is 13.6 Å². The maximum atomic E-state index is 11.3. The highest BCUT2D eigenvalue weighted by molar-refractivity contribution is 7.54. The first-order valence-electron chi connectivity index (χ1n) is 3.23. The SMILES string of the molecule is CCC1=CCP(=O)(OC)O1. The lowest BCUT2D eigenvalue weighted by atomic mass is 10.4.